The van der Waals surface area contributed by atoms with Crippen molar-refractivity contribution in [3.63, 3.8) is 0 Å². The molecule has 0 spiro atoms. The van der Waals surface area contributed by atoms with Gasteiger partial charge in [0.15, 0.2) is 0 Å². The minimum absolute atomic E-state index is 0.106. The van der Waals surface area contributed by atoms with Crippen LogP contribution in [-0.2, 0) is 11.3 Å². The summed E-state index contributed by atoms with van der Waals surface area (Å²) in [5.41, 5.74) is 1.28. The number of rotatable bonds is 8. The molecule has 1 aromatic heterocycles. The molecule has 0 saturated carbocycles. The second-order valence-corrected chi connectivity index (χ2v) is 6.42. The average molecular weight is 280 g/mol. The van der Waals surface area contributed by atoms with Gasteiger partial charge in [-0.1, -0.05) is 13.8 Å². The number of pyridine rings is 1. The quantitative estimate of drug-likeness (QED) is 0.743. The van der Waals surface area contributed by atoms with E-state index >= 15 is 0 Å². The van der Waals surface area contributed by atoms with Crippen molar-refractivity contribution in [3.05, 3.63) is 23.9 Å². The average Bonchev–Trinajstić information content (AvgIpc) is 2.35. The molecule has 0 aliphatic heterocycles. The number of hydrogen-bond acceptors (Lipinski definition) is 4. The largest absolute Gasteiger partial charge is 0.475 e. The van der Waals surface area contributed by atoms with E-state index in [9.17, 15) is 0 Å². The Morgan fingerprint density at radius 2 is 2.00 bits per heavy atom. The number of nitrogens with zero attached hydrogens (tertiary/aromatic N) is 1. The molecule has 0 aliphatic carbocycles. The van der Waals surface area contributed by atoms with Gasteiger partial charge in [0.1, 0.15) is 6.61 Å². The second-order valence-electron chi connectivity index (χ2n) is 6.42. The molecule has 0 bridgehead atoms. The Labute approximate surface area is 122 Å². The Morgan fingerprint density at radius 3 is 2.65 bits per heavy atom. The van der Waals surface area contributed by atoms with E-state index in [1.807, 2.05) is 12.1 Å². The molecule has 20 heavy (non-hydrogen) atoms. The molecule has 0 atom stereocenters. The van der Waals surface area contributed by atoms with E-state index in [1.165, 1.54) is 5.56 Å². The summed E-state index contributed by atoms with van der Waals surface area (Å²) in [4.78, 5) is 4.21. The Hall–Kier alpha value is -1.13. The fraction of sp³-hybridized carbons (Fsp3) is 0.688. The molecule has 0 unspecified atom stereocenters. The van der Waals surface area contributed by atoms with Crippen molar-refractivity contribution in [2.45, 2.75) is 46.7 Å². The monoisotopic (exact) mass is 280 g/mol. The zero-order valence-electron chi connectivity index (χ0n) is 13.4. The van der Waals surface area contributed by atoms with Crippen LogP contribution in [0.3, 0.4) is 0 Å². The van der Waals surface area contributed by atoms with Crippen LogP contribution in [-0.4, -0.2) is 30.3 Å². The molecular weight excluding hydrogens is 252 g/mol. The first-order valence-electron chi connectivity index (χ1n) is 7.27. The van der Waals surface area contributed by atoms with Gasteiger partial charge in [0.05, 0.1) is 6.61 Å². The van der Waals surface area contributed by atoms with E-state index in [4.69, 9.17) is 9.47 Å². The second kappa shape index (κ2) is 8.22. The zero-order chi connectivity index (χ0) is 15.0. The van der Waals surface area contributed by atoms with Crippen molar-refractivity contribution in [3.8, 4) is 5.88 Å². The Kier molecular flexibility index (Phi) is 6.96. The van der Waals surface area contributed by atoms with E-state index in [0.717, 1.165) is 13.2 Å². The third-order valence-electron chi connectivity index (χ3n) is 2.55. The first-order valence-corrected chi connectivity index (χ1v) is 7.27. The van der Waals surface area contributed by atoms with Crippen LogP contribution in [0.2, 0.25) is 0 Å². The van der Waals surface area contributed by atoms with Crippen LogP contribution in [0.4, 0.5) is 0 Å². The normalized spacial score (nSPS) is 11.9. The molecule has 0 radical (unpaired) electrons. The number of hydrogen-bond donors (Lipinski definition) is 1. The van der Waals surface area contributed by atoms with Crippen LogP contribution < -0.4 is 10.1 Å². The molecule has 1 N–H and O–H groups in total. The lowest BCUT2D eigenvalue weighted by atomic mass is 10.1. The molecule has 0 fully saturated rings. The van der Waals surface area contributed by atoms with Crippen molar-refractivity contribution in [2.24, 2.45) is 5.92 Å². The third-order valence-corrected chi connectivity index (χ3v) is 2.55. The highest BCUT2D eigenvalue weighted by atomic mass is 16.5. The highest BCUT2D eigenvalue weighted by molar-refractivity contribution is 5.20. The van der Waals surface area contributed by atoms with Gasteiger partial charge in [-0.2, -0.15) is 0 Å². The van der Waals surface area contributed by atoms with Gasteiger partial charge in [-0.15, -0.1) is 0 Å². The molecule has 1 heterocycles. The van der Waals surface area contributed by atoms with E-state index < -0.39 is 0 Å². The minimum atomic E-state index is 0.106. The SMILES string of the molecule is CC(C)COCCOc1cc(CNC(C)(C)C)ccn1. The summed E-state index contributed by atoms with van der Waals surface area (Å²) in [6, 6.07) is 3.97. The fourth-order valence-electron chi connectivity index (χ4n) is 1.53. The van der Waals surface area contributed by atoms with Crippen molar-refractivity contribution in [1.29, 1.82) is 0 Å². The van der Waals surface area contributed by atoms with Crippen molar-refractivity contribution in [2.75, 3.05) is 19.8 Å². The smallest absolute Gasteiger partial charge is 0.213 e. The summed E-state index contributed by atoms with van der Waals surface area (Å²) in [5.74, 6) is 1.21. The summed E-state index contributed by atoms with van der Waals surface area (Å²) in [6.45, 7) is 13.4. The summed E-state index contributed by atoms with van der Waals surface area (Å²) >= 11 is 0. The lowest BCUT2D eigenvalue weighted by molar-refractivity contribution is 0.0806. The van der Waals surface area contributed by atoms with Crippen LogP contribution in [0.15, 0.2) is 18.3 Å². The van der Waals surface area contributed by atoms with Gasteiger partial charge < -0.3 is 14.8 Å². The molecule has 0 saturated heterocycles. The van der Waals surface area contributed by atoms with Crippen LogP contribution in [0.1, 0.15) is 40.2 Å². The number of ether oxygens (including phenoxy) is 2. The molecule has 0 amide bonds. The lowest BCUT2D eigenvalue weighted by Gasteiger charge is -2.20. The van der Waals surface area contributed by atoms with Gasteiger partial charge >= 0.3 is 0 Å². The minimum Gasteiger partial charge on any atom is -0.475 e. The summed E-state index contributed by atoms with van der Waals surface area (Å²) < 4.78 is 11.1. The van der Waals surface area contributed by atoms with Gasteiger partial charge in [-0.3, -0.25) is 0 Å². The maximum absolute atomic E-state index is 5.60. The predicted octanol–water partition coefficient (Wildman–Crippen LogP) is 3.02. The summed E-state index contributed by atoms with van der Waals surface area (Å²) in [6.07, 6.45) is 1.78. The number of nitrogens with one attached hydrogen (secondary N) is 1. The molecule has 4 nitrogen and oxygen atoms in total. The Balaban J connectivity index is 2.32. The molecule has 0 aromatic carbocycles. The molecule has 114 valence electrons. The summed E-state index contributed by atoms with van der Waals surface area (Å²) in [5, 5.41) is 3.45. The molecule has 0 aliphatic rings. The maximum atomic E-state index is 5.60. The van der Waals surface area contributed by atoms with Crippen LogP contribution in [0.25, 0.3) is 0 Å². The van der Waals surface area contributed by atoms with Gasteiger partial charge in [0.25, 0.3) is 0 Å². The lowest BCUT2D eigenvalue weighted by Crippen LogP contribution is -2.35. The van der Waals surface area contributed by atoms with Gasteiger partial charge in [-0.25, -0.2) is 4.98 Å². The fourth-order valence-corrected chi connectivity index (χ4v) is 1.53. The molecular formula is C16H28N2O2. The van der Waals surface area contributed by atoms with Crippen molar-refractivity contribution >= 4 is 0 Å². The van der Waals surface area contributed by atoms with Crippen LogP contribution in [0.5, 0.6) is 5.88 Å². The molecule has 4 heteroatoms. The number of aromatic nitrogens is 1. The maximum Gasteiger partial charge on any atom is 0.213 e. The van der Waals surface area contributed by atoms with Gasteiger partial charge in [0, 0.05) is 31.0 Å². The predicted molar refractivity (Wildman–Crippen MR) is 82.0 cm³/mol. The molecule has 1 rings (SSSR count). The highest BCUT2D eigenvalue weighted by Crippen LogP contribution is 2.10. The van der Waals surface area contributed by atoms with E-state index in [1.54, 1.807) is 6.20 Å². The standard InChI is InChI=1S/C16H28N2O2/c1-13(2)12-19-8-9-20-15-10-14(6-7-17-15)11-18-16(3,4)5/h6-7,10,13,18H,8-9,11-12H2,1-5H3. The highest BCUT2D eigenvalue weighted by Gasteiger charge is 2.08. The first-order chi connectivity index (χ1) is 9.37. The van der Waals surface area contributed by atoms with Gasteiger partial charge in [-0.05, 0) is 38.3 Å². The van der Waals surface area contributed by atoms with Crippen LogP contribution in [0, 0.1) is 5.92 Å². The first kappa shape index (κ1) is 16.9. The van der Waals surface area contributed by atoms with Crippen molar-refractivity contribution < 1.29 is 9.47 Å². The van der Waals surface area contributed by atoms with Crippen molar-refractivity contribution in [1.82, 2.24) is 10.3 Å². The van der Waals surface area contributed by atoms with E-state index in [-0.39, 0.29) is 5.54 Å². The summed E-state index contributed by atoms with van der Waals surface area (Å²) in [7, 11) is 0. The van der Waals surface area contributed by atoms with E-state index in [2.05, 4.69) is 44.9 Å². The Morgan fingerprint density at radius 1 is 1.25 bits per heavy atom. The van der Waals surface area contributed by atoms with Crippen LogP contribution >= 0.6 is 0 Å². The van der Waals surface area contributed by atoms with Gasteiger partial charge in [0.2, 0.25) is 5.88 Å². The Bertz CT molecular complexity index is 386. The zero-order valence-corrected chi connectivity index (χ0v) is 13.4. The third kappa shape index (κ3) is 8.12. The molecule has 1 aromatic rings. The topological polar surface area (TPSA) is 43.4 Å². The van der Waals surface area contributed by atoms with E-state index in [0.29, 0.717) is 25.0 Å².